The molecule has 2 amide bonds. The Balaban J connectivity index is 1.54. The van der Waals surface area contributed by atoms with Gasteiger partial charge in [0.15, 0.2) is 11.5 Å². The van der Waals surface area contributed by atoms with E-state index in [2.05, 4.69) is 25.3 Å². The zero-order chi connectivity index (χ0) is 22.7. The van der Waals surface area contributed by atoms with Crippen LogP contribution in [0, 0.1) is 12.8 Å². The van der Waals surface area contributed by atoms with Gasteiger partial charge in [-0.2, -0.15) is 0 Å². The van der Waals surface area contributed by atoms with Gasteiger partial charge in [-0.1, -0.05) is 19.4 Å². The van der Waals surface area contributed by atoms with Crippen molar-refractivity contribution in [3.05, 3.63) is 45.6 Å². The molecule has 0 N–H and O–H groups in total. The Kier molecular flexibility index (Phi) is 7.04. The zero-order valence-electron chi connectivity index (χ0n) is 19.1. The van der Waals surface area contributed by atoms with Crippen molar-refractivity contribution in [3.8, 4) is 11.5 Å². The van der Waals surface area contributed by atoms with Crippen LogP contribution in [-0.2, 0) is 22.7 Å². The Morgan fingerprint density at radius 2 is 1.94 bits per heavy atom. The highest BCUT2D eigenvalue weighted by Crippen LogP contribution is 2.33. The van der Waals surface area contributed by atoms with Gasteiger partial charge in [0.25, 0.3) is 0 Å². The van der Waals surface area contributed by atoms with Gasteiger partial charge in [0.1, 0.15) is 6.54 Å². The number of benzene rings is 1. The Bertz CT molecular complexity index is 969. The van der Waals surface area contributed by atoms with Crippen LogP contribution in [0.3, 0.4) is 0 Å². The van der Waals surface area contributed by atoms with Crippen molar-refractivity contribution in [1.29, 1.82) is 0 Å². The molecular weight excluding hydrogens is 424 g/mol. The second-order valence-electron chi connectivity index (χ2n) is 8.82. The predicted octanol–water partition coefficient (Wildman–Crippen LogP) is 4.74. The van der Waals surface area contributed by atoms with Crippen molar-refractivity contribution in [2.75, 3.05) is 13.3 Å². The molecule has 1 fully saturated rings. The SMILES string of the molecule is CCC(C)N(CC(=O)N(Cc1ccc2c(c1)OCO2)Cc1sccc1C)C(=O)C1CCC1. The van der Waals surface area contributed by atoms with Crippen LogP contribution in [0.4, 0.5) is 0 Å². The molecule has 6 nitrogen and oxygen atoms in total. The van der Waals surface area contributed by atoms with Gasteiger partial charge in [-0.15, -0.1) is 11.3 Å². The molecule has 172 valence electrons. The predicted molar refractivity (Wildman–Crippen MR) is 125 cm³/mol. The fourth-order valence-electron chi connectivity index (χ4n) is 4.04. The van der Waals surface area contributed by atoms with Crippen molar-refractivity contribution >= 4 is 23.2 Å². The molecule has 2 aliphatic rings. The van der Waals surface area contributed by atoms with Gasteiger partial charge >= 0.3 is 0 Å². The van der Waals surface area contributed by atoms with Gasteiger partial charge in [-0.3, -0.25) is 9.59 Å². The molecule has 7 heteroatoms. The van der Waals surface area contributed by atoms with Gasteiger partial charge < -0.3 is 19.3 Å². The monoisotopic (exact) mass is 456 g/mol. The molecule has 0 radical (unpaired) electrons. The number of thiophene rings is 1. The number of hydrogen-bond donors (Lipinski definition) is 0. The average molecular weight is 457 g/mol. The minimum atomic E-state index is -0.0246. The summed E-state index contributed by atoms with van der Waals surface area (Å²) in [5, 5.41) is 2.06. The smallest absolute Gasteiger partial charge is 0.242 e. The lowest BCUT2D eigenvalue weighted by Crippen LogP contribution is -2.49. The van der Waals surface area contributed by atoms with Gasteiger partial charge in [-0.25, -0.2) is 0 Å². The van der Waals surface area contributed by atoms with Gasteiger partial charge in [0, 0.05) is 23.4 Å². The molecular formula is C25H32N2O4S. The van der Waals surface area contributed by atoms with E-state index in [0.29, 0.717) is 18.8 Å². The first-order chi connectivity index (χ1) is 15.5. The summed E-state index contributed by atoms with van der Waals surface area (Å²) in [7, 11) is 0. The maximum atomic E-state index is 13.6. The highest BCUT2D eigenvalue weighted by molar-refractivity contribution is 7.10. The minimum absolute atomic E-state index is 0.0246. The summed E-state index contributed by atoms with van der Waals surface area (Å²) in [6.07, 6.45) is 3.81. The highest BCUT2D eigenvalue weighted by atomic mass is 32.1. The van der Waals surface area contributed by atoms with Crippen molar-refractivity contribution in [2.24, 2.45) is 5.92 Å². The van der Waals surface area contributed by atoms with Crippen molar-refractivity contribution in [1.82, 2.24) is 9.80 Å². The van der Waals surface area contributed by atoms with Crippen molar-refractivity contribution in [3.63, 3.8) is 0 Å². The standard InChI is InChI=1S/C25H32N2O4S/c1-4-18(3)27(25(29)20-6-5-7-20)15-24(28)26(14-23-17(2)10-11-32-23)13-19-8-9-21-22(12-19)31-16-30-21/h8-12,18,20H,4-7,13-16H2,1-3H3. The van der Waals surface area contributed by atoms with Crippen LogP contribution in [0.2, 0.25) is 0 Å². The Morgan fingerprint density at radius 3 is 2.59 bits per heavy atom. The zero-order valence-corrected chi connectivity index (χ0v) is 20.0. The topological polar surface area (TPSA) is 59.1 Å². The van der Waals surface area contributed by atoms with Crippen LogP contribution in [-0.4, -0.2) is 41.0 Å². The molecule has 1 atom stereocenters. The van der Waals surface area contributed by atoms with Crippen molar-refractivity contribution < 1.29 is 19.1 Å². The van der Waals surface area contributed by atoms with Crippen LogP contribution in [0.5, 0.6) is 11.5 Å². The summed E-state index contributed by atoms with van der Waals surface area (Å²) in [5.74, 6) is 1.63. The van der Waals surface area contributed by atoms with E-state index < -0.39 is 0 Å². The van der Waals surface area contributed by atoms with E-state index in [0.717, 1.165) is 37.0 Å². The molecule has 2 aromatic rings. The van der Waals surface area contributed by atoms with E-state index in [9.17, 15) is 9.59 Å². The Morgan fingerprint density at radius 1 is 1.16 bits per heavy atom. The lowest BCUT2D eigenvalue weighted by Gasteiger charge is -2.36. The van der Waals surface area contributed by atoms with Gasteiger partial charge in [0.2, 0.25) is 18.6 Å². The van der Waals surface area contributed by atoms with Crippen LogP contribution in [0.25, 0.3) is 0 Å². The molecule has 0 spiro atoms. The molecule has 1 saturated carbocycles. The normalized spacial score (nSPS) is 15.8. The number of carbonyl (C=O) groups excluding carboxylic acids is 2. The number of nitrogens with zero attached hydrogens (tertiary/aromatic N) is 2. The van der Waals surface area contributed by atoms with E-state index in [1.165, 1.54) is 10.4 Å². The third-order valence-electron chi connectivity index (χ3n) is 6.63. The number of aryl methyl sites for hydroxylation is 1. The number of ether oxygens (including phenoxy) is 2. The van der Waals surface area contributed by atoms with E-state index >= 15 is 0 Å². The second kappa shape index (κ2) is 9.94. The Hall–Kier alpha value is -2.54. The quantitative estimate of drug-likeness (QED) is 0.547. The van der Waals surface area contributed by atoms with E-state index in [-0.39, 0.29) is 37.1 Å². The van der Waals surface area contributed by atoms with Gasteiger partial charge in [0.05, 0.1) is 6.54 Å². The molecule has 2 heterocycles. The molecule has 4 rings (SSSR count). The first kappa shape index (κ1) is 22.6. The summed E-state index contributed by atoms with van der Waals surface area (Å²) in [5.41, 5.74) is 2.17. The number of carbonyl (C=O) groups is 2. The van der Waals surface area contributed by atoms with E-state index in [1.54, 1.807) is 16.2 Å². The van der Waals surface area contributed by atoms with Crippen LogP contribution >= 0.6 is 11.3 Å². The van der Waals surface area contributed by atoms with Gasteiger partial charge in [-0.05, 0) is 67.8 Å². The molecule has 0 bridgehead atoms. The van der Waals surface area contributed by atoms with Crippen LogP contribution in [0.15, 0.2) is 29.6 Å². The third kappa shape index (κ3) is 4.93. The number of rotatable bonds is 9. The Labute approximate surface area is 194 Å². The molecule has 32 heavy (non-hydrogen) atoms. The number of amides is 2. The summed E-state index contributed by atoms with van der Waals surface area (Å²) < 4.78 is 10.9. The maximum Gasteiger partial charge on any atom is 0.242 e. The maximum absolute atomic E-state index is 13.6. The molecule has 1 aromatic carbocycles. The fraction of sp³-hybridized carbons (Fsp3) is 0.520. The first-order valence-corrected chi connectivity index (χ1v) is 12.3. The van der Waals surface area contributed by atoms with Crippen LogP contribution < -0.4 is 9.47 Å². The lowest BCUT2D eigenvalue weighted by molar-refractivity contribution is -0.147. The minimum Gasteiger partial charge on any atom is -0.454 e. The van der Waals surface area contributed by atoms with E-state index in [1.807, 2.05) is 30.0 Å². The number of fused-ring (bicyclic) bond motifs is 1. The molecule has 1 aliphatic heterocycles. The highest BCUT2D eigenvalue weighted by Gasteiger charge is 2.33. The molecule has 0 saturated heterocycles. The molecule has 1 aromatic heterocycles. The summed E-state index contributed by atoms with van der Waals surface area (Å²) in [4.78, 5) is 31.5. The largest absolute Gasteiger partial charge is 0.454 e. The lowest BCUT2D eigenvalue weighted by atomic mass is 9.84. The summed E-state index contributed by atoms with van der Waals surface area (Å²) >= 11 is 1.66. The van der Waals surface area contributed by atoms with E-state index in [4.69, 9.17) is 9.47 Å². The van der Waals surface area contributed by atoms with Crippen LogP contribution in [0.1, 0.15) is 55.5 Å². The fourth-order valence-corrected chi connectivity index (χ4v) is 4.96. The summed E-state index contributed by atoms with van der Waals surface area (Å²) in [6.45, 7) is 7.51. The number of hydrogen-bond acceptors (Lipinski definition) is 5. The average Bonchev–Trinajstić information content (AvgIpc) is 3.37. The summed E-state index contributed by atoms with van der Waals surface area (Å²) in [6, 6.07) is 7.93. The molecule has 1 unspecified atom stereocenters. The molecule has 1 aliphatic carbocycles. The third-order valence-corrected chi connectivity index (χ3v) is 7.64. The second-order valence-corrected chi connectivity index (χ2v) is 9.82. The van der Waals surface area contributed by atoms with Crippen molar-refractivity contribution in [2.45, 2.75) is 65.6 Å². The first-order valence-electron chi connectivity index (χ1n) is 11.5.